The van der Waals surface area contributed by atoms with E-state index >= 15 is 0 Å². The number of fused-ring (bicyclic) bond motifs is 1. The van der Waals surface area contributed by atoms with Gasteiger partial charge in [-0.2, -0.15) is 0 Å². The molecule has 21 heavy (non-hydrogen) atoms. The summed E-state index contributed by atoms with van der Waals surface area (Å²) in [5.74, 6) is 1.31. The second-order valence-corrected chi connectivity index (χ2v) is 4.98. The van der Waals surface area contributed by atoms with E-state index in [1.54, 1.807) is 0 Å². The summed E-state index contributed by atoms with van der Waals surface area (Å²) in [4.78, 5) is 4.02. The van der Waals surface area contributed by atoms with E-state index in [0.717, 1.165) is 12.1 Å². The average Bonchev–Trinajstić information content (AvgIpc) is 3.15. The first-order valence-electron chi connectivity index (χ1n) is 6.73. The van der Waals surface area contributed by atoms with Gasteiger partial charge in [0.2, 0.25) is 11.7 Å². The molecule has 1 aliphatic rings. The van der Waals surface area contributed by atoms with Gasteiger partial charge in [0, 0.05) is 6.42 Å². The lowest BCUT2D eigenvalue weighted by atomic mass is 9.99. The Morgan fingerprint density at radius 2 is 2.00 bits per heavy atom. The van der Waals surface area contributed by atoms with Crippen LogP contribution < -0.4 is 0 Å². The number of ether oxygens (including phenoxy) is 1. The Morgan fingerprint density at radius 1 is 1.14 bits per heavy atom. The van der Waals surface area contributed by atoms with Crippen molar-refractivity contribution in [1.29, 1.82) is 0 Å². The lowest BCUT2D eigenvalue weighted by molar-refractivity contribution is 0.0104. The zero-order chi connectivity index (χ0) is 14.2. The van der Waals surface area contributed by atoms with Crippen molar-refractivity contribution in [3.63, 3.8) is 0 Å². The van der Waals surface area contributed by atoms with Crippen molar-refractivity contribution in [2.75, 3.05) is 0 Å². The second-order valence-electron chi connectivity index (χ2n) is 4.98. The summed E-state index contributed by atoms with van der Waals surface area (Å²) in [7, 11) is 0. The number of rotatable bonds is 2. The van der Waals surface area contributed by atoms with E-state index in [9.17, 15) is 0 Å². The molecule has 0 unspecified atom stereocenters. The lowest BCUT2D eigenvalue weighted by Gasteiger charge is -2.22. The van der Waals surface area contributed by atoms with E-state index in [1.807, 2.05) is 19.1 Å². The lowest BCUT2D eigenvalue weighted by Crippen LogP contribution is -2.15. The molecule has 1 aliphatic heterocycles. The Morgan fingerprint density at radius 3 is 2.81 bits per heavy atom. The number of hydrogen-bond donors (Lipinski definition) is 0. The molecule has 0 bridgehead atoms. The molecular formula is C15H13N3O3. The van der Waals surface area contributed by atoms with Crippen molar-refractivity contribution in [2.24, 2.45) is 0 Å². The smallest absolute Gasteiger partial charge is 0.285 e. The maximum atomic E-state index is 5.81. The van der Waals surface area contributed by atoms with Crippen LogP contribution in [0, 0.1) is 6.92 Å². The Hall–Kier alpha value is -2.47. The van der Waals surface area contributed by atoms with Gasteiger partial charge in [-0.15, -0.1) is 10.2 Å². The first-order chi connectivity index (χ1) is 10.3. The van der Waals surface area contributed by atoms with Crippen LogP contribution in [0.4, 0.5) is 0 Å². The molecule has 0 radical (unpaired) electrons. The summed E-state index contributed by atoms with van der Waals surface area (Å²) in [6.07, 6.45) is 1.87. The third-order valence-corrected chi connectivity index (χ3v) is 3.62. The van der Waals surface area contributed by atoms with Gasteiger partial charge in [0.1, 0.15) is 6.10 Å². The van der Waals surface area contributed by atoms with Gasteiger partial charge in [-0.25, -0.2) is 4.98 Å². The number of hydrogen-bond acceptors (Lipinski definition) is 6. The van der Waals surface area contributed by atoms with Gasteiger partial charge in [0.05, 0.1) is 12.3 Å². The van der Waals surface area contributed by atoms with Crippen LogP contribution in [0.2, 0.25) is 0 Å². The van der Waals surface area contributed by atoms with Crippen LogP contribution in [-0.4, -0.2) is 15.2 Å². The van der Waals surface area contributed by atoms with E-state index in [1.165, 1.54) is 17.5 Å². The van der Waals surface area contributed by atoms with Crippen molar-refractivity contribution in [2.45, 2.75) is 26.1 Å². The minimum Gasteiger partial charge on any atom is -0.438 e. The highest BCUT2D eigenvalue weighted by Crippen LogP contribution is 2.31. The van der Waals surface area contributed by atoms with Crippen molar-refractivity contribution >= 4 is 0 Å². The molecular weight excluding hydrogens is 270 g/mol. The molecule has 0 N–H and O–H groups in total. The minimum absolute atomic E-state index is 0.218. The van der Waals surface area contributed by atoms with E-state index < -0.39 is 0 Å². The fourth-order valence-corrected chi connectivity index (χ4v) is 2.47. The van der Waals surface area contributed by atoms with E-state index in [-0.39, 0.29) is 6.10 Å². The molecule has 0 fully saturated rings. The topological polar surface area (TPSA) is 74.2 Å². The van der Waals surface area contributed by atoms with E-state index in [4.69, 9.17) is 13.6 Å². The highest BCUT2D eigenvalue weighted by atomic mass is 16.5. The largest absolute Gasteiger partial charge is 0.438 e. The standard InChI is InChI=1S/C15H13N3O3/c1-9-13(20-8-16-9)15-18-17-14(21-15)12-6-10-4-2-3-5-11(10)7-19-12/h2-5,8,12H,6-7H2,1H3/t12-/m0/s1. The monoisotopic (exact) mass is 283 g/mol. The Labute approximate surface area is 120 Å². The fourth-order valence-electron chi connectivity index (χ4n) is 2.47. The van der Waals surface area contributed by atoms with Gasteiger partial charge >= 0.3 is 0 Å². The summed E-state index contributed by atoms with van der Waals surface area (Å²) >= 11 is 0. The molecule has 0 amide bonds. The normalized spacial score (nSPS) is 17.7. The van der Waals surface area contributed by atoms with E-state index in [0.29, 0.717) is 24.1 Å². The molecule has 0 saturated carbocycles. The summed E-state index contributed by atoms with van der Waals surface area (Å²) in [6.45, 7) is 2.38. The van der Waals surface area contributed by atoms with Crippen LogP contribution in [-0.2, 0) is 17.8 Å². The molecule has 106 valence electrons. The molecule has 4 rings (SSSR count). The first kappa shape index (κ1) is 12.3. The number of benzene rings is 1. The third-order valence-electron chi connectivity index (χ3n) is 3.62. The van der Waals surface area contributed by atoms with Crippen LogP contribution >= 0.6 is 0 Å². The van der Waals surface area contributed by atoms with Crippen molar-refractivity contribution in [3.8, 4) is 11.7 Å². The van der Waals surface area contributed by atoms with Crippen LogP contribution in [0.1, 0.15) is 28.8 Å². The van der Waals surface area contributed by atoms with E-state index in [2.05, 4.69) is 27.3 Å². The quantitative estimate of drug-likeness (QED) is 0.720. The molecule has 6 nitrogen and oxygen atoms in total. The van der Waals surface area contributed by atoms with Gasteiger partial charge in [-0.1, -0.05) is 24.3 Å². The summed E-state index contributed by atoms with van der Waals surface area (Å²) in [5, 5.41) is 8.10. The molecule has 0 aliphatic carbocycles. The van der Waals surface area contributed by atoms with Crippen LogP contribution in [0.15, 0.2) is 39.5 Å². The SMILES string of the molecule is Cc1ncoc1-c1nnc([C@@H]2Cc3ccccc3CO2)o1. The number of nitrogens with zero attached hydrogens (tertiary/aromatic N) is 3. The Kier molecular flexibility index (Phi) is 2.82. The predicted molar refractivity (Wildman–Crippen MR) is 72.2 cm³/mol. The van der Waals surface area contributed by atoms with Crippen LogP contribution in [0.25, 0.3) is 11.7 Å². The summed E-state index contributed by atoms with van der Waals surface area (Å²) < 4.78 is 16.8. The van der Waals surface area contributed by atoms with Gasteiger partial charge in [0.15, 0.2) is 6.39 Å². The van der Waals surface area contributed by atoms with Crippen LogP contribution in [0.3, 0.4) is 0 Å². The molecule has 1 atom stereocenters. The average molecular weight is 283 g/mol. The third kappa shape index (κ3) is 2.13. The number of aryl methyl sites for hydroxylation is 1. The van der Waals surface area contributed by atoms with Crippen molar-refractivity contribution < 1.29 is 13.6 Å². The Bertz CT molecular complexity index is 778. The summed E-state index contributed by atoms with van der Waals surface area (Å²) in [6, 6.07) is 8.21. The molecule has 1 aromatic carbocycles. The fraction of sp³-hybridized carbons (Fsp3) is 0.267. The van der Waals surface area contributed by atoms with Gasteiger partial charge in [-0.3, -0.25) is 0 Å². The molecule has 3 aromatic rings. The van der Waals surface area contributed by atoms with Gasteiger partial charge in [0.25, 0.3) is 5.89 Å². The Balaban J connectivity index is 1.61. The zero-order valence-electron chi connectivity index (χ0n) is 11.4. The highest BCUT2D eigenvalue weighted by molar-refractivity contribution is 5.46. The van der Waals surface area contributed by atoms with Gasteiger partial charge < -0.3 is 13.6 Å². The first-order valence-corrected chi connectivity index (χ1v) is 6.73. The highest BCUT2D eigenvalue weighted by Gasteiger charge is 2.26. The number of aromatic nitrogens is 3. The summed E-state index contributed by atoms with van der Waals surface area (Å²) in [5.41, 5.74) is 3.18. The number of oxazole rings is 1. The maximum absolute atomic E-state index is 5.81. The zero-order valence-corrected chi connectivity index (χ0v) is 11.4. The maximum Gasteiger partial charge on any atom is 0.285 e. The van der Waals surface area contributed by atoms with Crippen molar-refractivity contribution in [3.05, 3.63) is 53.4 Å². The predicted octanol–water partition coefficient (Wildman–Crippen LogP) is 2.85. The molecule has 3 heterocycles. The molecule has 2 aromatic heterocycles. The molecule has 0 saturated heterocycles. The molecule has 0 spiro atoms. The van der Waals surface area contributed by atoms with Crippen LogP contribution in [0.5, 0.6) is 0 Å². The second kappa shape index (κ2) is 4.82. The minimum atomic E-state index is -0.218. The molecule has 6 heteroatoms. The van der Waals surface area contributed by atoms with Crippen molar-refractivity contribution in [1.82, 2.24) is 15.2 Å². The van der Waals surface area contributed by atoms with Gasteiger partial charge in [-0.05, 0) is 18.1 Å².